The van der Waals surface area contributed by atoms with Crippen molar-refractivity contribution in [3.8, 4) is 0 Å². The molecule has 2 rings (SSSR count). The van der Waals surface area contributed by atoms with Crippen LogP contribution in [0.5, 0.6) is 0 Å². The van der Waals surface area contributed by atoms with Crippen LogP contribution in [0.1, 0.15) is 12.0 Å². The van der Waals surface area contributed by atoms with Crippen LogP contribution < -0.4 is 5.32 Å². The van der Waals surface area contributed by atoms with Crippen LogP contribution in [0.3, 0.4) is 0 Å². The van der Waals surface area contributed by atoms with Gasteiger partial charge in [-0.15, -0.1) is 0 Å². The van der Waals surface area contributed by atoms with E-state index >= 15 is 0 Å². The minimum atomic E-state index is -2.62. The van der Waals surface area contributed by atoms with Crippen molar-refractivity contribution in [3.63, 3.8) is 0 Å². The van der Waals surface area contributed by atoms with Gasteiger partial charge < -0.3 is 5.32 Å². The summed E-state index contributed by atoms with van der Waals surface area (Å²) < 4.78 is 28.6. The third kappa shape index (κ3) is 2.61. The summed E-state index contributed by atoms with van der Waals surface area (Å²) in [4.78, 5) is 0. The van der Waals surface area contributed by atoms with Gasteiger partial charge in [-0.2, -0.15) is 0 Å². The second-order valence-corrected chi connectivity index (χ2v) is 5.07. The van der Waals surface area contributed by atoms with Crippen molar-refractivity contribution in [2.45, 2.75) is 18.8 Å². The molecule has 4 heteroatoms. The van der Waals surface area contributed by atoms with Gasteiger partial charge in [-0.1, -0.05) is 34.1 Å². The molecule has 1 saturated heterocycles. The van der Waals surface area contributed by atoms with Crippen LogP contribution >= 0.6 is 15.9 Å². The average molecular weight is 290 g/mol. The first kappa shape index (κ1) is 12.0. The SMILES string of the molecule is FC(F)(Cc1ccccc1Br)C1CCNC1. The summed E-state index contributed by atoms with van der Waals surface area (Å²) in [6.07, 6.45) is 0.387. The molecule has 1 N–H and O–H groups in total. The molecule has 0 amide bonds. The van der Waals surface area contributed by atoms with Gasteiger partial charge in [-0.05, 0) is 24.6 Å². The maximum absolute atomic E-state index is 13.9. The Morgan fingerprint density at radius 1 is 1.38 bits per heavy atom. The predicted molar refractivity (Wildman–Crippen MR) is 63.8 cm³/mol. The zero-order valence-corrected chi connectivity index (χ0v) is 10.4. The zero-order valence-electron chi connectivity index (χ0n) is 8.85. The quantitative estimate of drug-likeness (QED) is 0.901. The molecule has 1 aromatic rings. The second-order valence-electron chi connectivity index (χ2n) is 4.22. The molecule has 0 saturated carbocycles. The first-order valence-corrected chi connectivity index (χ1v) is 6.21. The fraction of sp³-hybridized carbons (Fsp3) is 0.500. The van der Waals surface area contributed by atoms with Crippen LogP contribution in [0.25, 0.3) is 0 Å². The van der Waals surface area contributed by atoms with Gasteiger partial charge in [0.25, 0.3) is 5.92 Å². The lowest BCUT2D eigenvalue weighted by molar-refractivity contribution is -0.0500. The van der Waals surface area contributed by atoms with E-state index in [-0.39, 0.29) is 6.42 Å². The lowest BCUT2D eigenvalue weighted by atomic mass is 9.94. The van der Waals surface area contributed by atoms with E-state index in [4.69, 9.17) is 0 Å². The molecule has 1 aliphatic rings. The van der Waals surface area contributed by atoms with E-state index in [0.29, 0.717) is 25.1 Å². The Kier molecular flexibility index (Phi) is 3.60. The number of rotatable bonds is 3. The molecular weight excluding hydrogens is 276 g/mol. The molecule has 0 bridgehead atoms. The van der Waals surface area contributed by atoms with Crippen molar-refractivity contribution in [2.24, 2.45) is 5.92 Å². The van der Waals surface area contributed by atoms with E-state index in [1.165, 1.54) is 0 Å². The van der Waals surface area contributed by atoms with Crippen LogP contribution in [0.15, 0.2) is 28.7 Å². The minimum absolute atomic E-state index is 0.180. The summed E-state index contributed by atoms with van der Waals surface area (Å²) in [6.45, 7) is 1.13. The predicted octanol–water partition coefficient (Wildman–Crippen LogP) is 3.24. The van der Waals surface area contributed by atoms with Gasteiger partial charge in [0.05, 0.1) is 0 Å². The summed E-state index contributed by atoms with van der Waals surface area (Å²) in [7, 11) is 0. The number of nitrogens with one attached hydrogen (secondary N) is 1. The van der Waals surface area contributed by atoms with Gasteiger partial charge in [0, 0.05) is 23.4 Å². The van der Waals surface area contributed by atoms with Crippen molar-refractivity contribution < 1.29 is 8.78 Å². The average Bonchev–Trinajstić information content (AvgIpc) is 2.75. The van der Waals surface area contributed by atoms with Crippen molar-refractivity contribution in [2.75, 3.05) is 13.1 Å². The number of halogens is 3. The molecule has 1 heterocycles. The van der Waals surface area contributed by atoms with Crippen molar-refractivity contribution in [1.82, 2.24) is 5.32 Å². The summed E-state index contributed by atoms with van der Waals surface area (Å²) in [5, 5.41) is 2.99. The summed E-state index contributed by atoms with van der Waals surface area (Å²) in [5.74, 6) is -3.15. The number of hydrogen-bond acceptors (Lipinski definition) is 1. The molecule has 1 nitrogen and oxygen atoms in total. The molecule has 0 spiro atoms. The zero-order chi connectivity index (χ0) is 11.6. The first-order valence-electron chi connectivity index (χ1n) is 5.41. The Hall–Kier alpha value is -0.480. The van der Waals surface area contributed by atoms with Gasteiger partial charge in [0.1, 0.15) is 0 Å². The third-order valence-electron chi connectivity index (χ3n) is 3.04. The lowest BCUT2D eigenvalue weighted by Gasteiger charge is -2.23. The lowest BCUT2D eigenvalue weighted by Crippen LogP contribution is -2.32. The molecule has 0 aromatic heterocycles. The number of benzene rings is 1. The van der Waals surface area contributed by atoms with Gasteiger partial charge in [0.15, 0.2) is 0 Å². The monoisotopic (exact) mass is 289 g/mol. The highest BCUT2D eigenvalue weighted by Crippen LogP contribution is 2.34. The Labute approximate surface area is 102 Å². The molecule has 88 valence electrons. The minimum Gasteiger partial charge on any atom is -0.316 e. The Morgan fingerprint density at radius 2 is 2.12 bits per heavy atom. The van der Waals surface area contributed by atoms with E-state index < -0.39 is 11.8 Å². The molecule has 1 aromatic carbocycles. The van der Waals surface area contributed by atoms with Crippen LogP contribution in [0, 0.1) is 5.92 Å². The Morgan fingerprint density at radius 3 is 2.75 bits per heavy atom. The molecule has 0 radical (unpaired) electrons. The Balaban J connectivity index is 2.10. The van der Waals surface area contributed by atoms with Crippen molar-refractivity contribution in [1.29, 1.82) is 0 Å². The van der Waals surface area contributed by atoms with Crippen LogP contribution in [0.4, 0.5) is 8.78 Å². The fourth-order valence-corrected chi connectivity index (χ4v) is 2.48. The first-order chi connectivity index (χ1) is 7.59. The van der Waals surface area contributed by atoms with Gasteiger partial charge >= 0.3 is 0 Å². The maximum Gasteiger partial charge on any atom is 0.256 e. The molecule has 16 heavy (non-hydrogen) atoms. The molecular formula is C12H14BrF2N. The Bertz CT molecular complexity index is 362. The van der Waals surface area contributed by atoms with Crippen molar-refractivity contribution in [3.05, 3.63) is 34.3 Å². The molecule has 1 aliphatic heterocycles. The molecule has 1 fully saturated rings. The topological polar surface area (TPSA) is 12.0 Å². The van der Waals surface area contributed by atoms with E-state index in [1.54, 1.807) is 18.2 Å². The largest absolute Gasteiger partial charge is 0.316 e. The summed E-state index contributed by atoms with van der Waals surface area (Å²) in [5.41, 5.74) is 0.680. The van der Waals surface area contributed by atoms with Crippen LogP contribution in [-0.2, 0) is 6.42 Å². The number of hydrogen-bond donors (Lipinski definition) is 1. The maximum atomic E-state index is 13.9. The van der Waals surface area contributed by atoms with Gasteiger partial charge in [-0.25, -0.2) is 8.78 Å². The third-order valence-corrected chi connectivity index (χ3v) is 3.82. The van der Waals surface area contributed by atoms with E-state index in [9.17, 15) is 8.78 Å². The standard InChI is InChI=1S/C12H14BrF2N/c13-11-4-2-1-3-9(11)7-12(14,15)10-5-6-16-8-10/h1-4,10,16H,5-8H2. The normalized spacial score (nSPS) is 21.3. The molecule has 1 atom stereocenters. The fourth-order valence-electron chi connectivity index (χ4n) is 2.06. The van der Waals surface area contributed by atoms with E-state index in [1.807, 2.05) is 6.07 Å². The van der Waals surface area contributed by atoms with Gasteiger partial charge in [-0.3, -0.25) is 0 Å². The molecule has 0 aliphatic carbocycles. The summed E-state index contributed by atoms with van der Waals surface area (Å²) >= 11 is 3.31. The van der Waals surface area contributed by atoms with Gasteiger partial charge in [0.2, 0.25) is 0 Å². The highest BCUT2D eigenvalue weighted by molar-refractivity contribution is 9.10. The van der Waals surface area contributed by atoms with E-state index in [2.05, 4.69) is 21.2 Å². The highest BCUT2D eigenvalue weighted by Gasteiger charge is 2.41. The molecule has 1 unspecified atom stereocenters. The van der Waals surface area contributed by atoms with Crippen LogP contribution in [-0.4, -0.2) is 19.0 Å². The smallest absolute Gasteiger partial charge is 0.256 e. The summed E-state index contributed by atoms with van der Waals surface area (Å²) in [6, 6.07) is 7.19. The highest BCUT2D eigenvalue weighted by atomic mass is 79.9. The van der Waals surface area contributed by atoms with Crippen LogP contribution in [0.2, 0.25) is 0 Å². The second kappa shape index (κ2) is 4.80. The van der Waals surface area contributed by atoms with E-state index in [0.717, 1.165) is 4.47 Å². The van der Waals surface area contributed by atoms with Crippen molar-refractivity contribution >= 4 is 15.9 Å². The number of alkyl halides is 2.